The molecule has 2 heterocycles. The van der Waals surface area contributed by atoms with Gasteiger partial charge in [0.25, 0.3) is 0 Å². The number of piperidine rings is 1. The van der Waals surface area contributed by atoms with Crippen molar-refractivity contribution in [1.29, 1.82) is 0 Å². The Labute approximate surface area is 95.3 Å². The van der Waals surface area contributed by atoms with Crippen LogP contribution in [-0.4, -0.2) is 17.6 Å². The zero-order valence-electron chi connectivity index (χ0n) is 9.33. The van der Waals surface area contributed by atoms with Gasteiger partial charge in [0.05, 0.1) is 6.20 Å². The molecule has 0 aromatic carbocycles. The predicted octanol–water partition coefficient (Wildman–Crippen LogP) is 1.96. The average Bonchev–Trinajstić information content (AvgIpc) is 2.30. The Morgan fingerprint density at radius 3 is 2.94 bits per heavy atom. The van der Waals surface area contributed by atoms with Gasteiger partial charge in [-0.1, -0.05) is 5.92 Å². The van der Waals surface area contributed by atoms with Crippen LogP contribution in [0.25, 0.3) is 0 Å². The van der Waals surface area contributed by atoms with E-state index in [4.69, 9.17) is 0 Å². The summed E-state index contributed by atoms with van der Waals surface area (Å²) in [5, 5.41) is 3.39. The van der Waals surface area contributed by atoms with Crippen molar-refractivity contribution in [3.8, 4) is 11.8 Å². The van der Waals surface area contributed by atoms with Crippen molar-refractivity contribution in [3.05, 3.63) is 29.8 Å². The van der Waals surface area contributed by atoms with Gasteiger partial charge in [-0.15, -0.1) is 0 Å². The standard InChI is InChI=1S/C13H15FN2/c1-10-2-3-11(8-15-10)4-6-13-7-5-12(14)9-16-13/h5,7,9-11,15H,2-3,8H2,1H3/t10-,11?/m1/s1. The van der Waals surface area contributed by atoms with E-state index in [9.17, 15) is 4.39 Å². The summed E-state index contributed by atoms with van der Waals surface area (Å²) in [6.45, 7) is 3.13. The Bertz CT molecular complexity index is 394. The molecule has 1 aromatic heterocycles. The molecular formula is C13H15FN2. The number of nitrogens with one attached hydrogen (secondary N) is 1. The molecule has 0 amide bonds. The fourth-order valence-electron chi connectivity index (χ4n) is 1.75. The second kappa shape index (κ2) is 5.09. The zero-order chi connectivity index (χ0) is 11.4. The number of halogens is 1. The van der Waals surface area contributed by atoms with Crippen molar-refractivity contribution in [2.24, 2.45) is 5.92 Å². The molecule has 2 nitrogen and oxygen atoms in total. The van der Waals surface area contributed by atoms with Gasteiger partial charge in [-0.3, -0.25) is 0 Å². The van der Waals surface area contributed by atoms with E-state index in [1.54, 1.807) is 6.07 Å². The summed E-state index contributed by atoms with van der Waals surface area (Å²) in [6.07, 6.45) is 3.49. The van der Waals surface area contributed by atoms with Gasteiger partial charge in [0.2, 0.25) is 0 Å². The van der Waals surface area contributed by atoms with E-state index in [1.165, 1.54) is 12.3 Å². The van der Waals surface area contributed by atoms with Crippen molar-refractivity contribution in [2.75, 3.05) is 6.54 Å². The lowest BCUT2D eigenvalue weighted by Gasteiger charge is -2.23. The first-order chi connectivity index (χ1) is 7.74. The number of rotatable bonds is 0. The molecule has 1 aromatic rings. The largest absolute Gasteiger partial charge is 0.313 e. The molecule has 1 unspecified atom stereocenters. The SMILES string of the molecule is C[C@@H]1CCC(C#Cc2ccc(F)cn2)CN1. The quantitative estimate of drug-likeness (QED) is 0.673. The van der Waals surface area contributed by atoms with E-state index in [0.717, 1.165) is 19.4 Å². The minimum atomic E-state index is -0.321. The smallest absolute Gasteiger partial charge is 0.141 e. The highest BCUT2D eigenvalue weighted by molar-refractivity contribution is 5.28. The number of hydrogen-bond donors (Lipinski definition) is 1. The summed E-state index contributed by atoms with van der Waals surface area (Å²) >= 11 is 0. The van der Waals surface area contributed by atoms with E-state index in [0.29, 0.717) is 17.7 Å². The van der Waals surface area contributed by atoms with Crippen LogP contribution < -0.4 is 5.32 Å². The van der Waals surface area contributed by atoms with Crippen LogP contribution in [-0.2, 0) is 0 Å². The third-order valence-electron chi connectivity index (χ3n) is 2.79. The van der Waals surface area contributed by atoms with Crippen LogP contribution in [0.1, 0.15) is 25.5 Å². The lowest BCUT2D eigenvalue weighted by molar-refractivity contribution is 0.375. The third-order valence-corrected chi connectivity index (χ3v) is 2.79. The fourth-order valence-corrected chi connectivity index (χ4v) is 1.75. The van der Waals surface area contributed by atoms with Crippen LogP contribution in [0.4, 0.5) is 4.39 Å². The molecule has 2 atom stereocenters. The summed E-state index contributed by atoms with van der Waals surface area (Å²) in [5.41, 5.74) is 0.639. The normalized spacial score (nSPS) is 24.6. The third kappa shape index (κ3) is 3.04. The Morgan fingerprint density at radius 1 is 1.44 bits per heavy atom. The van der Waals surface area contributed by atoms with Crippen molar-refractivity contribution in [2.45, 2.75) is 25.8 Å². The molecule has 0 aliphatic carbocycles. The molecule has 0 bridgehead atoms. The van der Waals surface area contributed by atoms with Gasteiger partial charge in [-0.05, 0) is 37.8 Å². The van der Waals surface area contributed by atoms with Crippen molar-refractivity contribution in [3.63, 3.8) is 0 Å². The molecule has 1 aliphatic heterocycles. The second-order valence-electron chi connectivity index (χ2n) is 4.21. The highest BCUT2D eigenvalue weighted by atomic mass is 19.1. The maximum absolute atomic E-state index is 12.6. The molecule has 3 heteroatoms. The first-order valence-corrected chi connectivity index (χ1v) is 5.60. The maximum Gasteiger partial charge on any atom is 0.141 e. The summed E-state index contributed by atoms with van der Waals surface area (Å²) in [4.78, 5) is 3.91. The van der Waals surface area contributed by atoms with Crippen LogP contribution in [0.15, 0.2) is 18.3 Å². The van der Waals surface area contributed by atoms with Crippen molar-refractivity contribution < 1.29 is 4.39 Å². The highest BCUT2D eigenvalue weighted by Crippen LogP contribution is 2.12. The second-order valence-corrected chi connectivity index (χ2v) is 4.21. The molecule has 0 spiro atoms. The van der Waals surface area contributed by atoms with Crippen LogP contribution >= 0.6 is 0 Å². The lowest BCUT2D eigenvalue weighted by Crippen LogP contribution is -2.36. The Morgan fingerprint density at radius 2 is 2.31 bits per heavy atom. The number of pyridine rings is 1. The van der Waals surface area contributed by atoms with Crippen molar-refractivity contribution >= 4 is 0 Å². The molecule has 0 saturated carbocycles. The minimum absolute atomic E-state index is 0.321. The monoisotopic (exact) mass is 218 g/mol. The summed E-state index contributed by atoms with van der Waals surface area (Å²) < 4.78 is 12.6. The molecule has 84 valence electrons. The molecule has 1 N–H and O–H groups in total. The van der Waals surface area contributed by atoms with Crippen LogP contribution in [0.2, 0.25) is 0 Å². The molecular weight excluding hydrogens is 203 g/mol. The van der Waals surface area contributed by atoms with E-state index >= 15 is 0 Å². The molecule has 0 radical (unpaired) electrons. The summed E-state index contributed by atoms with van der Waals surface area (Å²) in [7, 11) is 0. The van der Waals surface area contributed by atoms with Crippen LogP contribution in [0.5, 0.6) is 0 Å². The van der Waals surface area contributed by atoms with Gasteiger partial charge < -0.3 is 5.32 Å². The van der Waals surface area contributed by atoms with E-state index in [2.05, 4.69) is 29.1 Å². The van der Waals surface area contributed by atoms with E-state index in [1.807, 2.05) is 0 Å². The highest BCUT2D eigenvalue weighted by Gasteiger charge is 2.14. The van der Waals surface area contributed by atoms with E-state index < -0.39 is 0 Å². The van der Waals surface area contributed by atoms with Gasteiger partial charge in [-0.2, -0.15) is 0 Å². The predicted molar refractivity (Wildman–Crippen MR) is 61.3 cm³/mol. The number of nitrogens with zero attached hydrogens (tertiary/aromatic N) is 1. The van der Waals surface area contributed by atoms with Crippen LogP contribution in [0.3, 0.4) is 0 Å². The molecule has 1 aliphatic rings. The Hall–Kier alpha value is -1.40. The first kappa shape index (κ1) is 11.1. The minimum Gasteiger partial charge on any atom is -0.313 e. The topological polar surface area (TPSA) is 24.9 Å². The van der Waals surface area contributed by atoms with Crippen LogP contribution in [0, 0.1) is 23.6 Å². The van der Waals surface area contributed by atoms with Gasteiger partial charge in [0.15, 0.2) is 0 Å². The fraction of sp³-hybridized carbons (Fsp3) is 0.462. The Balaban J connectivity index is 1.96. The first-order valence-electron chi connectivity index (χ1n) is 5.60. The Kier molecular flexibility index (Phi) is 3.53. The number of aromatic nitrogens is 1. The number of hydrogen-bond acceptors (Lipinski definition) is 2. The van der Waals surface area contributed by atoms with Gasteiger partial charge in [-0.25, -0.2) is 9.37 Å². The molecule has 1 saturated heterocycles. The zero-order valence-corrected chi connectivity index (χ0v) is 9.33. The van der Waals surface area contributed by atoms with Gasteiger partial charge >= 0.3 is 0 Å². The van der Waals surface area contributed by atoms with Crippen molar-refractivity contribution in [1.82, 2.24) is 10.3 Å². The summed E-state index contributed by atoms with van der Waals surface area (Å²) in [6, 6.07) is 3.60. The van der Waals surface area contributed by atoms with Gasteiger partial charge in [0.1, 0.15) is 11.5 Å². The maximum atomic E-state index is 12.6. The molecule has 2 rings (SSSR count). The van der Waals surface area contributed by atoms with E-state index in [-0.39, 0.29) is 5.82 Å². The molecule has 16 heavy (non-hydrogen) atoms. The molecule has 1 fully saturated rings. The average molecular weight is 218 g/mol. The summed E-state index contributed by atoms with van der Waals surface area (Å²) in [5.74, 6) is 6.24. The lowest BCUT2D eigenvalue weighted by atomic mass is 9.96. The van der Waals surface area contributed by atoms with Gasteiger partial charge in [0, 0.05) is 18.5 Å².